The minimum atomic E-state index is -3.89. The molecule has 1 aliphatic heterocycles. The van der Waals surface area contributed by atoms with Gasteiger partial charge in [-0.05, 0) is 49.2 Å². The molecule has 6 nitrogen and oxygen atoms in total. The van der Waals surface area contributed by atoms with E-state index in [0.29, 0.717) is 11.4 Å². The number of hydrogen-bond donors (Lipinski definition) is 1. The SMILES string of the molecule is O=S(=O)(Nc1cccc(-c2ccc(N3CCCC3)nn2)c1)c1cccc(Cl)c1Cl. The van der Waals surface area contributed by atoms with Crippen LogP contribution in [0.2, 0.25) is 10.0 Å². The summed E-state index contributed by atoms with van der Waals surface area (Å²) in [6.07, 6.45) is 2.34. The third kappa shape index (κ3) is 4.32. The van der Waals surface area contributed by atoms with Crippen LogP contribution < -0.4 is 9.62 Å². The van der Waals surface area contributed by atoms with Crippen molar-refractivity contribution in [1.29, 1.82) is 0 Å². The van der Waals surface area contributed by atoms with E-state index < -0.39 is 10.0 Å². The monoisotopic (exact) mass is 448 g/mol. The smallest absolute Gasteiger partial charge is 0.263 e. The summed E-state index contributed by atoms with van der Waals surface area (Å²) >= 11 is 12.0. The van der Waals surface area contributed by atoms with Gasteiger partial charge in [0.05, 0.1) is 15.7 Å². The van der Waals surface area contributed by atoms with Crippen LogP contribution >= 0.6 is 23.2 Å². The van der Waals surface area contributed by atoms with Crippen molar-refractivity contribution in [3.8, 4) is 11.3 Å². The fraction of sp³-hybridized carbons (Fsp3) is 0.200. The molecule has 0 aliphatic carbocycles. The molecule has 150 valence electrons. The number of rotatable bonds is 5. The van der Waals surface area contributed by atoms with Crippen LogP contribution in [0.15, 0.2) is 59.5 Å². The van der Waals surface area contributed by atoms with Gasteiger partial charge in [0.25, 0.3) is 10.0 Å². The number of aromatic nitrogens is 2. The molecule has 9 heteroatoms. The number of nitrogens with one attached hydrogen (secondary N) is 1. The molecule has 3 aromatic rings. The minimum Gasteiger partial charge on any atom is -0.355 e. The maximum atomic E-state index is 12.7. The molecule has 1 aliphatic rings. The van der Waals surface area contributed by atoms with Crippen molar-refractivity contribution in [2.75, 3.05) is 22.7 Å². The van der Waals surface area contributed by atoms with E-state index in [0.717, 1.165) is 24.5 Å². The minimum absolute atomic E-state index is 0.0128. The summed E-state index contributed by atoms with van der Waals surface area (Å²) in [6, 6.07) is 15.3. The van der Waals surface area contributed by atoms with Crippen molar-refractivity contribution >= 4 is 44.7 Å². The quantitative estimate of drug-likeness (QED) is 0.603. The van der Waals surface area contributed by atoms with E-state index >= 15 is 0 Å². The van der Waals surface area contributed by atoms with Gasteiger partial charge in [0.2, 0.25) is 0 Å². The molecule has 0 amide bonds. The summed E-state index contributed by atoms with van der Waals surface area (Å²) in [5.41, 5.74) is 1.81. The summed E-state index contributed by atoms with van der Waals surface area (Å²) in [5, 5.41) is 8.79. The molecule has 1 aromatic heterocycles. The van der Waals surface area contributed by atoms with E-state index in [2.05, 4.69) is 19.8 Å². The highest BCUT2D eigenvalue weighted by molar-refractivity contribution is 7.92. The first-order chi connectivity index (χ1) is 13.9. The lowest BCUT2D eigenvalue weighted by atomic mass is 10.1. The van der Waals surface area contributed by atoms with Crippen molar-refractivity contribution < 1.29 is 8.42 Å². The van der Waals surface area contributed by atoms with Crippen LogP contribution in [-0.4, -0.2) is 31.7 Å². The van der Waals surface area contributed by atoms with Crippen molar-refractivity contribution in [3.05, 3.63) is 64.6 Å². The molecule has 0 saturated carbocycles. The third-order valence-corrected chi connectivity index (χ3v) is 7.05. The van der Waals surface area contributed by atoms with Crippen molar-refractivity contribution in [3.63, 3.8) is 0 Å². The molecule has 2 aromatic carbocycles. The molecule has 0 unspecified atom stereocenters. The Bertz CT molecular complexity index is 1130. The largest absolute Gasteiger partial charge is 0.355 e. The van der Waals surface area contributed by atoms with Gasteiger partial charge in [-0.2, -0.15) is 0 Å². The Hall–Kier alpha value is -2.35. The first-order valence-electron chi connectivity index (χ1n) is 9.10. The van der Waals surface area contributed by atoms with Gasteiger partial charge >= 0.3 is 0 Å². The fourth-order valence-corrected chi connectivity index (χ4v) is 5.05. The van der Waals surface area contributed by atoms with Gasteiger partial charge in [-0.25, -0.2) is 8.42 Å². The third-order valence-electron chi connectivity index (χ3n) is 4.70. The number of anilines is 2. The molecule has 0 radical (unpaired) electrons. The first-order valence-corrected chi connectivity index (χ1v) is 11.3. The Balaban J connectivity index is 1.58. The van der Waals surface area contributed by atoms with E-state index in [1.807, 2.05) is 18.2 Å². The molecule has 0 spiro atoms. The predicted octanol–water partition coefficient (Wildman–Crippen LogP) is 4.85. The number of halogens is 2. The van der Waals surface area contributed by atoms with Gasteiger partial charge in [-0.3, -0.25) is 4.72 Å². The molecule has 4 rings (SSSR count). The summed E-state index contributed by atoms with van der Waals surface area (Å²) in [7, 11) is -3.89. The average molecular weight is 449 g/mol. The molecule has 1 N–H and O–H groups in total. The molecular formula is C20H18Cl2N4O2S. The van der Waals surface area contributed by atoms with Gasteiger partial charge in [0.15, 0.2) is 5.82 Å². The fourth-order valence-electron chi connectivity index (χ4n) is 3.24. The molecule has 0 bridgehead atoms. The highest BCUT2D eigenvalue weighted by Crippen LogP contribution is 2.31. The van der Waals surface area contributed by atoms with Gasteiger partial charge in [-0.1, -0.05) is 41.4 Å². The van der Waals surface area contributed by atoms with E-state index in [-0.39, 0.29) is 14.9 Å². The van der Waals surface area contributed by atoms with Crippen LogP contribution in [0.4, 0.5) is 11.5 Å². The molecule has 1 fully saturated rings. The Morgan fingerprint density at radius 1 is 0.931 bits per heavy atom. The van der Waals surface area contributed by atoms with E-state index in [1.165, 1.54) is 31.0 Å². The van der Waals surface area contributed by atoms with Gasteiger partial charge < -0.3 is 4.90 Å². The van der Waals surface area contributed by atoms with Crippen molar-refractivity contribution in [2.24, 2.45) is 0 Å². The summed E-state index contributed by atoms with van der Waals surface area (Å²) in [4.78, 5) is 2.13. The van der Waals surface area contributed by atoms with Crippen molar-refractivity contribution in [1.82, 2.24) is 10.2 Å². The standard InChI is InChI=1S/C20H18Cl2N4O2S/c21-16-7-4-8-18(20(16)22)29(27,28)25-15-6-3-5-14(13-15)17-9-10-19(24-23-17)26-11-1-2-12-26/h3-10,13,25H,1-2,11-12H2. The molecule has 29 heavy (non-hydrogen) atoms. The van der Waals surface area contributed by atoms with Crippen LogP contribution in [0.1, 0.15) is 12.8 Å². The van der Waals surface area contributed by atoms with Crippen LogP contribution in [0.3, 0.4) is 0 Å². The topological polar surface area (TPSA) is 75.2 Å². The Morgan fingerprint density at radius 3 is 2.41 bits per heavy atom. The van der Waals surface area contributed by atoms with Crippen molar-refractivity contribution in [2.45, 2.75) is 17.7 Å². The lowest BCUT2D eigenvalue weighted by Crippen LogP contribution is -2.19. The second-order valence-electron chi connectivity index (χ2n) is 6.71. The van der Waals surface area contributed by atoms with Crippen LogP contribution in [0.25, 0.3) is 11.3 Å². The number of benzene rings is 2. The number of nitrogens with zero attached hydrogens (tertiary/aromatic N) is 3. The molecular weight excluding hydrogens is 431 g/mol. The zero-order valence-electron chi connectivity index (χ0n) is 15.3. The zero-order chi connectivity index (χ0) is 20.4. The maximum absolute atomic E-state index is 12.7. The van der Waals surface area contributed by atoms with Crippen LogP contribution in [0, 0.1) is 0 Å². The van der Waals surface area contributed by atoms with Crippen LogP contribution in [-0.2, 0) is 10.0 Å². The number of sulfonamides is 1. The van der Waals surface area contributed by atoms with Crippen LogP contribution in [0.5, 0.6) is 0 Å². The second kappa shape index (κ2) is 8.18. The summed E-state index contributed by atoms with van der Waals surface area (Å²) in [5.74, 6) is 0.860. The normalized spacial score (nSPS) is 14.2. The Morgan fingerprint density at radius 2 is 1.69 bits per heavy atom. The lowest BCUT2D eigenvalue weighted by Gasteiger charge is -2.15. The first kappa shape index (κ1) is 19.9. The van der Waals surface area contributed by atoms with E-state index in [4.69, 9.17) is 23.2 Å². The summed E-state index contributed by atoms with van der Waals surface area (Å²) < 4.78 is 28.0. The summed E-state index contributed by atoms with van der Waals surface area (Å²) in [6.45, 7) is 1.99. The van der Waals surface area contributed by atoms with E-state index in [1.54, 1.807) is 18.2 Å². The maximum Gasteiger partial charge on any atom is 0.263 e. The second-order valence-corrected chi connectivity index (χ2v) is 9.15. The highest BCUT2D eigenvalue weighted by Gasteiger charge is 2.20. The average Bonchev–Trinajstić information content (AvgIpc) is 3.25. The lowest BCUT2D eigenvalue weighted by molar-refractivity contribution is 0.601. The molecule has 0 atom stereocenters. The van der Waals surface area contributed by atoms with Gasteiger partial charge in [-0.15, -0.1) is 10.2 Å². The Labute approximate surface area is 179 Å². The predicted molar refractivity (Wildman–Crippen MR) is 116 cm³/mol. The molecule has 2 heterocycles. The Kier molecular flexibility index (Phi) is 5.63. The van der Waals surface area contributed by atoms with Gasteiger partial charge in [0.1, 0.15) is 4.90 Å². The zero-order valence-corrected chi connectivity index (χ0v) is 17.7. The van der Waals surface area contributed by atoms with E-state index in [9.17, 15) is 8.42 Å². The van der Waals surface area contributed by atoms with Gasteiger partial charge in [0, 0.05) is 24.3 Å². The molecule has 1 saturated heterocycles. The highest BCUT2D eigenvalue weighted by atomic mass is 35.5. The number of hydrogen-bond acceptors (Lipinski definition) is 5.